The van der Waals surface area contributed by atoms with Crippen LogP contribution < -0.4 is 10.6 Å². The number of amides is 2. The lowest BCUT2D eigenvalue weighted by Crippen LogP contribution is -2.47. The highest BCUT2D eigenvalue weighted by atomic mass is 16.2. The molecule has 0 unspecified atom stereocenters. The number of rotatable bonds is 5. The minimum absolute atomic E-state index is 0.0416. The molecule has 136 valence electrons. The van der Waals surface area contributed by atoms with Gasteiger partial charge in [-0.05, 0) is 35.7 Å². The van der Waals surface area contributed by atoms with Gasteiger partial charge in [-0.25, -0.2) is 14.5 Å². The van der Waals surface area contributed by atoms with Crippen LogP contribution in [0, 0.1) is 5.41 Å². The van der Waals surface area contributed by atoms with Crippen molar-refractivity contribution in [3.8, 4) is 5.69 Å². The molecule has 7 nitrogen and oxygen atoms in total. The lowest BCUT2D eigenvalue weighted by atomic mass is 9.86. The first-order chi connectivity index (χ1) is 12.4. The van der Waals surface area contributed by atoms with E-state index in [2.05, 4.69) is 41.5 Å². The van der Waals surface area contributed by atoms with Gasteiger partial charge >= 0.3 is 6.03 Å². The standard InChI is InChI=1S/C19H24N6O/c1-19(2,3)17(13-24-12-10-20-14-24)23-18(26)22-15-5-7-16(8-6-15)25-11-4-9-21-25/h4-12,14,17H,13H2,1-3H3,(H2,22,23,26)/t17-/m1/s1. The third-order valence-corrected chi connectivity index (χ3v) is 4.20. The molecule has 26 heavy (non-hydrogen) atoms. The van der Waals surface area contributed by atoms with Gasteiger partial charge in [0.15, 0.2) is 0 Å². The van der Waals surface area contributed by atoms with Crippen LogP contribution in [0.4, 0.5) is 10.5 Å². The highest BCUT2D eigenvalue weighted by molar-refractivity contribution is 5.89. The molecule has 0 radical (unpaired) electrons. The fourth-order valence-corrected chi connectivity index (χ4v) is 2.59. The Kier molecular flexibility index (Phi) is 5.06. The maximum atomic E-state index is 12.4. The molecule has 0 spiro atoms. The van der Waals surface area contributed by atoms with Gasteiger partial charge in [0.2, 0.25) is 0 Å². The minimum Gasteiger partial charge on any atom is -0.335 e. The Morgan fingerprint density at radius 3 is 2.50 bits per heavy atom. The molecule has 1 atom stereocenters. The molecular formula is C19H24N6O. The molecule has 0 aliphatic rings. The molecule has 2 aromatic heterocycles. The summed E-state index contributed by atoms with van der Waals surface area (Å²) >= 11 is 0. The molecule has 3 rings (SSSR count). The van der Waals surface area contributed by atoms with Crippen LogP contribution in [-0.4, -0.2) is 31.4 Å². The van der Waals surface area contributed by atoms with Crippen molar-refractivity contribution in [1.82, 2.24) is 24.6 Å². The van der Waals surface area contributed by atoms with E-state index in [0.717, 1.165) is 11.4 Å². The third-order valence-electron chi connectivity index (χ3n) is 4.20. The van der Waals surface area contributed by atoms with Crippen molar-refractivity contribution in [1.29, 1.82) is 0 Å². The van der Waals surface area contributed by atoms with Crippen LogP contribution in [0.5, 0.6) is 0 Å². The van der Waals surface area contributed by atoms with Gasteiger partial charge in [0, 0.05) is 37.0 Å². The second kappa shape index (κ2) is 7.43. The maximum Gasteiger partial charge on any atom is 0.319 e. The SMILES string of the molecule is CC(C)(C)[C@@H](Cn1ccnc1)NC(=O)Nc1ccc(-n2cccn2)cc1. The monoisotopic (exact) mass is 352 g/mol. The quantitative estimate of drug-likeness (QED) is 0.740. The molecule has 7 heteroatoms. The first-order valence-corrected chi connectivity index (χ1v) is 8.55. The third kappa shape index (κ3) is 4.50. The minimum atomic E-state index is -0.225. The Morgan fingerprint density at radius 1 is 1.15 bits per heavy atom. The van der Waals surface area contributed by atoms with Crippen molar-refractivity contribution in [3.63, 3.8) is 0 Å². The van der Waals surface area contributed by atoms with Crippen LogP contribution in [0.25, 0.3) is 5.69 Å². The van der Waals surface area contributed by atoms with Crippen LogP contribution in [0.15, 0.2) is 61.4 Å². The normalized spacial score (nSPS) is 12.6. The van der Waals surface area contributed by atoms with Gasteiger partial charge in [-0.15, -0.1) is 0 Å². The highest BCUT2D eigenvalue weighted by Crippen LogP contribution is 2.21. The zero-order valence-electron chi connectivity index (χ0n) is 15.3. The lowest BCUT2D eigenvalue weighted by Gasteiger charge is -2.31. The molecule has 0 aliphatic heterocycles. The van der Waals surface area contributed by atoms with E-state index >= 15 is 0 Å². The summed E-state index contributed by atoms with van der Waals surface area (Å²) in [6.07, 6.45) is 8.99. The molecule has 2 N–H and O–H groups in total. The Morgan fingerprint density at radius 2 is 1.92 bits per heavy atom. The molecule has 3 aromatic rings. The van der Waals surface area contributed by atoms with Crippen LogP contribution in [0.3, 0.4) is 0 Å². The average molecular weight is 352 g/mol. The number of carbonyl (C=O) groups excluding carboxylic acids is 1. The summed E-state index contributed by atoms with van der Waals surface area (Å²) in [6.45, 7) is 6.98. The fourth-order valence-electron chi connectivity index (χ4n) is 2.59. The summed E-state index contributed by atoms with van der Waals surface area (Å²) in [7, 11) is 0. The molecule has 2 amide bonds. The maximum absolute atomic E-state index is 12.4. The van der Waals surface area contributed by atoms with Crippen molar-refractivity contribution in [3.05, 3.63) is 61.4 Å². The van der Waals surface area contributed by atoms with Gasteiger partial charge < -0.3 is 15.2 Å². The number of aromatic nitrogens is 4. The van der Waals surface area contributed by atoms with E-state index in [4.69, 9.17) is 0 Å². The van der Waals surface area contributed by atoms with E-state index in [0.29, 0.717) is 6.54 Å². The van der Waals surface area contributed by atoms with Crippen molar-refractivity contribution >= 4 is 11.7 Å². The number of nitrogens with zero attached hydrogens (tertiary/aromatic N) is 4. The predicted molar refractivity (Wildman–Crippen MR) is 101 cm³/mol. The van der Waals surface area contributed by atoms with E-state index in [-0.39, 0.29) is 17.5 Å². The molecular weight excluding hydrogens is 328 g/mol. The predicted octanol–water partition coefficient (Wildman–Crippen LogP) is 3.31. The number of anilines is 1. The summed E-state index contributed by atoms with van der Waals surface area (Å²) in [4.78, 5) is 16.5. The lowest BCUT2D eigenvalue weighted by molar-refractivity contribution is 0.219. The highest BCUT2D eigenvalue weighted by Gasteiger charge is 2.26. The molecule has 0 saturated carbocycles. The largest absolute Gasteiger partial charge is 0.335 e. The number of urea groups is 1. The van der Waals surface area contributed by atoms with Gasteiger partial charge in [-0.2, -0.15) is 5.10 Å². The van der Waals surface area contributed by atoms with Gasteiger partial charge in [-0.3, -0.25) is 0 Å². The Bertz CT molecular complexity index is 816. The van der Waals surface area contributed by atoms with Crippen molar-refractivity contribution < 1.29 is 4.79 Å². The first kappa shape index (κ1) is 17.7. The zero-order valence-corrected chi connectivity index (χ0v) is 15.3. The smallest absolute Gasteiger partial charge is 0.319 e. The van der Waals surface area contributed by atoms with E-state index in [1.807, 2.05) is 47.3 Å². The van der Waals surface area contributed by atoms with Crippen molar-refractivity contribution in [2.24, 2.45) is 5.41 Å². The Balaban J connectivity index is 1.62. The summed E-state index contributed by atoms with van der Waals surface area (Å²) in [5, 5.41) is 10.2. The van der Waals surface area contributed by atoms with Crippen molar-refractivity contribution in [2.75, 3.05) is 5.32 Å². The number of carbonyl (C=O) groups is 1. The van der Waals surface area contributed by atoms with E-state index in [1.54, 1.807) is 23.4 Å². The van der Waals surface area contributed by atoms with Crippen molar-refractivity contribution in [2.45, 2.75) is 33.4 Å². The van der Waals surface area contributed by atoms with Gasteiger partial charge in [0.05, 0.1) is 18.1 Å². The molecule has 1 aromatic carbocycles. The number of nitrogens with one attached hydrogen (secondary N) is 2. The van der Waals surface area contributed by atoms with Crippen LogP contribution in [0.1, 0.15) is 20.8 Å². The van der Waals surface area contributed by atoms with Crippen LogP contribution >= 0.6 is 0 Å². The zero-order chi connectivity index (χ0) is 18.6. The molecule has 2 heterocycles. The second-order valence-electron chi connectivity index (χ2n) is 7.27. The Hall–Kier alpha value is -3.09. The van der Waals surface area contributed by atoms with E-state index in [1.165, 1.54) is 0 Å². The van der Waals surface area contributed by atoms with Gasteiger partial charge in [0.25, 0.3) is 0 Å². The molecule has 0 fully saturated rings. The summed E-state index contributed by atoms with van der Waals surface area (Å²) in [6, 6.07) is 9.14. The summed E-state index contributed by atoms with van der Waals surface area (Å²) in [5.74, 6) is 0. The van der Waals surface area contributed by atoms with Crippen LogP contribution in [-0.2, 0) is 6.54 Å². The number of hydrogen-bond acceptors (Lipinski definition) is 3. The van der Waals surface area contributed by atoms with E-state index in [9.17, 15) is 4.79 Å². The number of benzene rings is 1. The van der Waals surface area contributed by atoms with Gasteiger partial charge in [0.1, 0.15) is 0 Å². The molecule has 0 aliphatic carbocycles. The number of imidazole rings is 1. The van der Waals surface area contributed by atoms with Crippen LogP contribution in [0.2, 0.25) is 0 Å². The summed E-state index contributed by atoms with van der Waals surface area (Å²) < 4.78 is 3.74. The molecule has 0 bridgehead atoms. The fraction of sp³-hybridized carbons (Fsp3) is 0.316. The Labute approximate surface area is 153 Å². The van der Waals surface area contributed by atoms with Gasteiger partial charge in [-0.1, -0.05) is 20.8 Å². The average Bonchev–Trinajstić information content (AvgIpc) is 3.28. The van der Waals surface area contributed by atoms with E-state index < -0.39 is 0 Å². The number of hydrogen-bond donors (Lipinski definition) is 2. The molecule has 0 saturated heterocycles. The first-order valence-electron chi connectivity index (χ1n) is 8.55. The summed E-state index contributed by atoms with van der Waals surface area (Å²) in [5.41, 5.74) is 1.58. The topological polar surface area (TPSA) is 76.8 Å². The second-order valence-corrected chi connectivity index (χ2v) is 7.27.